The third-order valence-corrected chi connectivity index (χ3v) is 5.89. The fourth-order valence-corrected chi connectivity index (χ4v) is 4.20. The summed E-state index contributed by atoms with van der Waals surface area (Å²) in [6.07, 6.45) is 3.51. The molecule has 0 bridgehead atoms. The predicted octanol–water partition coefficient (Wildman–Crippen LogP) is 3.64. The maximum atomic E-state index is 12.7. The van der Waals surface area contributed by atoms with Gasteiger partial charge in [0.1, 0.15) is 0 Å². The number of ether oxygens (including phenoxy) is 3. The lowest BCUT2D eigenvalue weighted by Crippen LogP contribution is -2.35. The molecule has 3 aromatic rings. The summed E-state index contributed by atoms with van der Waals surface area (Å²) in [5, 5.41) is 3.87. The molecule has 0 fully saturated rings. The van der Waals surface area contributed by atoms with Crippen molar-refractivity contribution < 1.29 is 23.8 Å². The summed E-state index contributed by atoms with van der Waals surface area (Å²) in [6.45, 7) is 2.08. The number of fused-ring (bicyclic) bond motifs is 4. The quantitative estimate of drug-likeness (QED) is 0.615. The zero-order valence-electron chi connectivity index (χ0n) is 17.3. The largest absolute Gasteiger partial charge is 0.454 e. The van der Waals surface area contributed by atoms with Gasteiger partial charge in [0.15, 0.2) is 17.6 Å². The van der Waals surface area contributed by atoms with Crippen molar-refractivity contribution in [3.63, 3.8) is 0 Å². The molecule has 1 atom stereocenters. The number of nitrogens with one attached hydrogen (secondary N) is 2. The van der Waals surface area contributed by atoms with Crippen LogP contribution in [0.2, 0.25) is 0 Å². The van der Waals surface area contributed by atoms with Gasteiger partial charge >= 0.3 is 5.97 Å². The smallest absolute Gasteiger partial charge is 0.338 e. The molecule has 31 heavy (non-hydrogen) atoms. The van der Waals surface area contributed by atoms with Gasteiger partial charge in [-0.15, -0.1) is 0 Å². The maximum absolute atomic E-state index is 12.7. The van der Waals surface area contributed by atoms with Crippen molar-refractivity contribution in [3.8, 4) is 11.5 Å². The Morgan fingerprint density at radius 1 is 1.10 bits per heavy atom. The molecule has 2 aromatic carbocycles. The van der Waals surface area contributed by atoms with Crippen LogP contribution in [0.25, 0.3) is 10.9 Å². The summed E-state index contributed by atoms with van der Waals surface area (Å²) in [5.41, 5.74) is 4.93. The Bertz CT molecular complexity index is 1170. The van der Waals surface area contributed by atoms with Gasteiger partial charge in [-0.1, -0.05) is 6.07 Å². The first-order valence-electron chi connectivity index (χ1n) is 10.6. The third kappa shape index (κ3) is 3.83. The number of benzene rings is 2. The number of carbonyl (C=O) groups excluding carboxylic acids is 2. The number of H-pyrrole nitrogens is 1. The minimum absolute atomic E-state index is 0.204. The van der Waals surface area contributed by atoms with Crippen LogP contribution in [0.4, 0.5) is 0 Å². The molecule has 160 valence electrons. The fourth-order valence-electron chi connectivity index (χ4n) is 4.20. The molecule has 1 aliphatic heterocycles. The molecule has 2 aliphatic rings. The topological polar surface area (TPSA) is 89.7 Å². The number of aryl methyl sites for hydroxylation is 2. The first kappa shape index (κ1) is 19.5. The number of carbonyl (C=O) groups is 2. The lowest BCUT2D eigenvalue weighted by molar-refractivity contribution is -0.129. The highest BCUT2D eigenvalue weighted by molar-refractivity contribution is 5.97. The average Bonchev–Trinajstić information content (AvgIpc) is 3.40. The summed E-state index contributed by atoms with van der Waals surface area (Å²) in [7, 11) is 0. The highest BCUT2D eigenvalue weighted by Gasteiger charge is 2.21. The van der Waals surface area contributed by atoms with E-state index in [1.165, 1.54) is 17.7 Å². The van der Waals surface area contributed by atoms with Crippen LogP contribution in [0.3, 0.4) is 0 Å². The second-order valence-electron chi connectivity index (χ2n) is 8.00. The first-order valence-corrected chi connectivity index (χ1v) is 10.6. The fraction of sp³-hybridized carbons (Fsp3) is 0.333. The number of hydrogen-bond acceptors (Lipinski definition) is 5. The van der Waals surface area contributed by atoms with E-state index in [1.54, 1.807) is 13.0 Å². The minimum Gasteiger partial charge on any atom is -0.454 e. The van der Waals surface area contributed by atoms with E-state index in [4.69, 9.17) is 14.2 Å². The molecule has 2 heterocycles. The Labute approximate surface area is 179 Å². The minimum atomic E-state index is -0.905. The number of rotatable bonds is 5. The molecule has 0 saturated carbocycles. The molecule has 1 amide bonds. The van der Waals surface area contributed by atoms with E-state index in [-0.39, 0.29) is 12.7 Å². The van der Waals surface area contributed by atoms with Crippen LogP contribution in [0.1, 0.15) is 46.9 Å². The summed E-state index contributed by atoms with van der Waals surface area (Å²) >= 11 is 0. The van der Waals surface area contributed by atoms with E-state index in [1.807, 2.05) is 30.3 Å². The number of hydrogen-bond donors (Lipinski definition) is 2. The van der Waals surface area contributed by atoms with E-state index in [2.05, 4.69) is 10.3 Å². The monoisotopic (exact) mass is 420 g/mol. The third-order valence-electron chi connectivity index (χ3n) is 5.89. The van der Waals surface area contributed by atoms with Crippen LogP contribution in [-0.2, 0) is 28.9 Å². The SMILES string of the molecule is C[C@H](OC(=O)c1ccc2[nH]c3c(c2c1)CCCC3)C(=O)NCc1ccc2c(c1)OCO2. The van der Waals surface area contributed by atoms with Gasteiger partial charge in [-0.3, -0.25) is 4.79 Å². The molecule has 1 aliphatic carbocycles. The summed E-state index contributed by atoms with van der Waals surface area (Å²) in [6, 6.07) is 11.0. The van der Waals surface area contributed by atoms with Crippen LogP contribution in [-0.4, -0.2) is 29.8 Å². The second kappa shape index (κ2) is 7.98. The Morgan fingerprint density at radius 2 is 1.94 bits per heavy atom. The van der Waals surface area contributed by atoms with Gasteiger partial charge in [0, 0.05) is 23.1 Å². The van der Waals surface area contributed by atoms with Gasteiger partial charge < -0.3 is 24.5 Å². The van der Waals surface area contributed by atoms with Crippen molar-refractivity contribution in [3.05, 3.63) is 58.8 Å². The Morgan fingerprint density at radius 3 is 2.84 bits per heavy atom. The number of aromatic nitrogens is 1. The second-order valence-corrected chi connectivity index (χ2v) is 8.00. The highest BCUT2D eigenvalue weighted by Crippen LogP contribution is 2.32. The van der Waals surface area contributed by atoms with Crippen molar-refractivity contribution in [2.24, 2.45) is 0 Å². The van der Waals surface area contributed by atoms with Gasteiger partial charge in [-0.25, -0.2) is 4.79 Å². The van der Waals surface area contributed by atoms with E-state index in [9.17, 15) is 9.59 Å². The molecular formula is C24H24N2O5. The Hall–Kier alpha value is -3.48. The van der Waals surface area contributed by atoms with Crippen LogP contribution in [0.15, 0.2) is 36.4 Å². The van der Waals surface area contributed by atoms with Gasteiger partial charge in [-0.05, 0) is 74.1 Å². The van der Waals surface area contributed by atoms with E-state index in [0.717, 1.165) is 35.7 Å². The van der Waals surface area contributed by atoms with E-state index >= 15 is 0 Å². The van der Waals surface area contributed by atoms with Crippen molar-refractivity contribution in [1.82, 2.24) is 10.3 Å². The van der Waals surface area contributed by atoms with Gasteiger partial charge in [-0.2, -0.15) is 0 Å². The molecule has 0 radical (unpaired) electrons. The molecule has 1 aromatic heterocycles. The van der Waals surface area contributed by atoms with E-state index < -0.39 is 12.1 Å². The highest BCUT2D eigenvalue weighted by atomic mass is 16.7. The van der Waals surface area contributed by atoms with Gasteiger partial charge in [0.25, 0.3) is 5.91 Å². The van der Waals surface area contributed by atoms with Gasteiger partial charge in [0.05, 0.1) is 5.56 Å². The van der Waals surface area contributed by atoms with Crippen LogP contribution in [0, 0.1) is 0 Å². The summed E-state index contributed by atoms with van der Waals surface area (Å²) in [4.78, 5) is 28.5. The first-order chi connectivity index (χ1) is 15.1. The molecular weight excluding hydrogens is 396 g/mol. The molecule has 2 N–H and O–H groups in total. The average molecular weight is 420 g/mol. The predicted molar refractivity (Wildman–Crippen MR) is 114 cm³/mol. The van der Waals surface area contributed by atoms with Gasteiger partial charge in [0.2, 0.25) is 6.79 Å². The number of aromatic amines is 1. The molecule has 5 rings (SSSR count). The molecule has 7 nitrogen and oxygen atoms in total. The summed E-state index contributed by atoms with van der Waals surface area (Å²) < 4.78 is 16.1. The lowest BCUT2D eigenvalue weighted by atomic mass is 9.95. The number of esters is 1. The normalized spacial score (nSPS) is 15.4. The number of amides is 1. The maximum Gasteiger partial charge on any atom is 0.338 e. The molecule has 0 saturated heterocycles. The molecule has 0 spiro atoms. The van der Waals surface area contributed by atoms with Crippen molar-refractivity contribution in [2.75, 3.05) is 6.79 Å². The summed E-state index contributed by atoms with van der Waals surface area (Å²) in [5.74, 6) is 0.496. The van der Waals surface area contributed by atoms with Crippen molar-refractivity contribution in [2.45, 2.75) is 45.3 Å². The zero-order valence-corrected chi connectivity index (χ0v) is 17.3. The standard InChI is InChI=1S/C24H24N2O5/c1-14(23(27)25-12-15-6-9-21-22(10-15)30-13-29-21)31-24(28)16-7-8-20-18(11-16)17-4-2-3-5-19(17)26-20/h6-11,14,26H,2-5,12-13H2,1H3,(H,25,27)/t14-/m0/s1. The van der Waals surface area contributed by atoms with Crippen molar-refractivity contribution >= 4 is 22.8 Å². The Kier molecular flexibility index (Phi) is 5.02. The Balaban J connectivity index is 1.22. The lowest BCUT2D eigenvalue weighted by Gasteiger charge is -2.14. The molecule has 7 heteroatoms. The molecule has 0 unspecified atom stereocenters. The van der Waals surface area contributed by atoms with Crippen LogP contribution >= 0.6 is 0 Å². The van der Waals surface area contributed by atoms with Crippen LogP contribution in [0.5, 0.6) is 11.5 Å². The zero-order chi connectivity index (χ0) is 21.4. The van der Waals surface area contributed by atoms with Crippen molar-refractivity contribution in [1.29, 1.82) is 0 Å². The van der Waals surface area contributed by atoms with E-state index in [0.29, 0.717) is 23.6 Å². The van der Waals surface area contributed by atoms with Crippen LogP contribution < -0.4 is 14.8 Å².